The fourth-order valence-electron chi connectivity index (χ4n) is 3.43. The van der Waals surface area contributed by atoms with E-state index in [2.05, 4.69) is 15.8 Å². The van der Waals surface area contributed by atoms with Crippen molar-refractivity contribution in [2.45, 2.75) is 24.7 Å². The van der Waals surface area contributed by atoms with Crippen molar-refractivity contribution in [2.24, 2.45) is 5.10 Å². The number of hydrazone groups is 1. The molecule has 1 saturated heterocycles. The van der Waals surface area contributed by atoms with Crippen molar-refractivity contribution in [3.8, 4) is 11.5 Å². The lowest BCUT2D eigenvalue weighted by Gasteiger charge is -2.26. The van der Waals surface area contributed by atoms with Gasteiger partial charge in [0.25, 0.3) is 0 Å². The van der Waals surface area contributed by atoms with Crippen LogP contribution in [-0.4, -0.2) is 56.6 Å². The molecule has 4 rings (SSSR count). The molecular formula is C22H26N4O5S2. The van der Waals surface area contributed by atoms with Gasteiger partial charge in [-0.1, -0.05) is 6.07 Å². The van der Waals surface area contributed by atoms with Crippen LogP contribution in [0.1, 0.15) is 18.9 Å². The third kappa shape index (κ3) is 5.99. The van der Waals surface area contributed by atoms with Crippen LogP contribution in [0, 0.1) is 0 Å². The molecule has 33 heavy (non-hydrogen) atoms. The maximum absolute atomic E-state index is 12.7. The van der Waals surface area contributed by atoms with Crippen molar-refractivity contribution in [1.29, 1.82) is 0 Å². The summed E-state index contributed by atoms with van der Waals surface area (Å²) in [6, 6.07) is 12.4. The second-order valence-electron chi connectivity index (χ2n) is 7.64. The standard InChI is InChI=1S/C22H26N4O5S2/c1-16(2-3-17-4-9-20-21(14-17)31-15-30-20)24-25-22(32)23-18-5-7-19(8-6-18)33(27,28)26-10-12-29-13-11-26/h4-9,14H,2-3,10-13,15H2,1H3,(H2,23,25,32)/b24-16+. The number of hydrogen-bond donors (Lipinski definition) is 2. The Labute approximate surface area is 198 Å². The van der Waals surface area contributed by atoms with E-state index >= 15 is 0 Å². The number of anilines is 1. The molecule has 2 aliphatic heterocycles. The van der Waals surface area contributed by atoms with Gasteiger partial charge in [-0.15, -0.1) is 0 Å². The highest BCUT2D eigenvalue weighted by Crippen LogP contribution is 2.32. The zero-order valence-electron chi connectivity index (χ0n) is 18.2. The van der Waals surface area contributed by atoms with Crippen LogP contribution in [-0.2, 0) is 21.2 Å². The lowest BCUT2D eigenvalue weighted by atomic mass is 10.1. The summed E-state index contributed by atoms with van der Waals surface area (Å²) in [6.45, 7) is 3.74. The lowest BCUT2D eigenvalue weighted by molar-refractivity contribution is 0.0730. The number of hydrogen-bond acceptors (Lipinski definition) is 7. The molecule has 2 aliphatic rings. The zero-order chi connectivity index (χ0) is 23.3. The van der Waals surface area contributed by atoms with E-state index in [1.165, 1.54) is 4.31 Å². The molecule has 1 fully saturated rings. The van der Waals surface area contributed by atoms with Gasteiger partial charge >= 0.3 is 0 Å². The van der Waals surface area contributed by atoms with Gasteiger partial charge in [0.1, 0.15) is 0 Å². The quantitative estimate of drug-likeness (QED) is 0.347. The monoisotopic (exact) mass is 490 g/mol. The van der Waals surface area contributed by atoms with Crippen molar-refractivity contribution < 1.29 is 22.6 Å². The largest absolute Gasteiger partial charge is 0.454 e. The van der Waals surface area contributed by atoms with E-state index in [0.717, 1.165) is 35.6 Å². The topological polar surface area (TPSA) is 101 Å². The van der Waals surface area contributed by atoms with E-state index in [0.29, 0.717) is 37.1 Å². The normalized spacial score (nSPS) is 16.5. The fraction of sp³-hybridized carbons (Fsp3) is 0.364. The number of thiocarbonyl (C=S) groups is 1. The second-order valence-corrected chi connectivity index (χ2v) is 9.99. The number of aryl methyl sites for hydroxylation is 1. The highest BCUT2D eigenvalue weighted by Gasteiger charge is 2.26. The van der Waals surface area contributed by atoms with Crippen LogP contribution in [0.5, 0.6) is 11.5 Å². The van der Waals surface area contributed by atoms with E-state index in [1.807, 2.05) is 25.1 Å². The predicted molar refractivity (Wildman–Crippen MR) is 129 cm³/mol. The fourth-order valence-corrected chi connectivity index (χ4v) is 5.00. The van der Waals surface area contributed by atoms with Crippen LogP contribution in [0.2, 0.25) is 0 Å². The first-order valence-electron chi connectivity index (χ1n) is 10.6. The van der Waals surface area contributed by atoms with Gasteiger partial charge in [-0.2, -0.15) is 9.41 Å². The van der Waals surface area contributed by atoms with Crippen LogP contribution >= 0.6 is 12.2 Å². The van der Waals surface area contributed by atoms with Crippen molar-refractivity contribution in [1.82, 2.24) is 9.73 Å². The molecule has 0 spiro atoms. The number of nitrogens with zero attached hydrogens (tertiary/aromatic N) is 2. The van der Waals surface area contributed by atoms with Crippen LogP contribution in [0.3, 0.4) is 0 Å². The Kier molecular flexibility index (Phi) is 7.43. The summed E-state index contributed by atoms with van der Waals surface area (Å²) in [5.74, 6) is 1.54. The average Bonchev–Trinajstić information content (AvgIpc) is 3.30. The number of benzene rings is 2. The van der Waals surface area contributed by atoms with Crippen LogP contribution in [0.25, 0.3) is 0 Å². The first-order valence-corrected chi connectivity index (χ1v) is 12.4. The molecule has 2 heterocycles. The lowest BCUT2D eigenvalue weighted by Crippen LogP contribution is -2.40. The Balaban J connectivity index is 1.26. The molecule has 0 radical (unpaired) electrons. The van der Waals surface area contributed by atoms with Crippen LogP contribution < -0.4 is 20.2 Å². The molecule has 176 valence electrons. The Hall–Kier alpha value is -2.73. The SMILES string of the molecule is C/C(CCc1ccc2c(c1)OCO2)=N\NC(=S)Nc1ccc(S(=O)(=O)N2CCOCC2)cc1. The zero-order valence-corrected chi connectivity index (χ0v) is 19.9. The second kappa shape index (κ2) is 10.5. The minimum atomic E-state index is -3.52. The number of morpholine rings is 1. The van der Waals surface area contributed by atoms with Gasteiger partial charge in [-0.25, -0.2) is 8.42 Å². The summed E-state index contributed by atoms with van der Waals surface area (Å²) >= 11 is 5.29. The van der Waals surface area contributed by atoms with Crippen molar-refractivity contribution in [3.05, 3.63) is 48.0 Å². The van der Waals surface area contributed by atoms with Crippen molar-refractivity contribution in [3.63, 3.8) is 0 Å². The number of rotatable bonds is 7. The van der Waals surface area contributed by atoms with Crippen molar-refractivity contribution in [2.75, 3.05) is 38.4 Å². The Morgan fingerprint density at radius 1 is 1.09 bits per heavy atom. The molecule has 0 amide bonds. The minimum absolute atomic E-state index is 0.242. The summed E-state index contributed by atoms with van der Waals surface area (Å²) in [4.78, 5) is 0.242. The molecule has 0 unspecified atom stereocenters. The molecule has 9 nitrogen and oxygen atoms in total. The van der Waals surface area contributed by atoms with Crippen molar-refractivity contribution >= 4 is 38.8 Å². The third-order valence-corrected chi connectivity index (χ3v) is 7.39. The number of fused-ring (bicyclic) bond motifs is 1. The van der Waals surface area contributed by atoms with Gasteiger partial charge in [0.2, 0.25) is 16.8 Å². The van der Waals surface area contributed by atoms with Gasteiger partial charge in [-0.3, -0.25) is 5.43 Å². The Morgan fingerprint density at radius 2 is 1.82 bits per heavy atom. The van der Waals surface area contributed by atoms with Gasteiger partial charge in [-0.05, 0) is 73.9 Å². The number of ether oxygens (including phenoxy) is 3. The minimum Gasteiger partial charge on any atom is -0.454 e. The van der Waals surface area contributed by atoms with E-state index in [4.69, 9.17) is 26.4 Å². The summed E-state index contributed by atoms with van der Waals surface area (Å²) in [5, 5.41) is 7.65. The highest BCUT2D eigenvalue weighted by molar-refractivity contribution is 7.89. The molecule has 0 bridgehead atoms. The highest BCUT2D eigenvalue weighted by atomic mass is 32.2. The summed E-state index contributed by atoms with van der Waals surface area (Å²) < 4.78 is 42.8. The molecular weight excluding hydrogens is 464 g/mol. The first kappa shape index (κ1) is 23.4. The molecule has 11 heteroatoms. The average molecular weight is 491 g/mol. The summed E-state index contributed by atoms with van der Waals surface area (Å²) in [5.41, 5.74) is 5.53. The maximum atomic E-state index is 12.7. The number of nitrogens with one attached hydrogen (secondary N) is 2. The Morgan fingerprint density at radius 3 is 2.58 bits per heavy atom. The molecule has 0 aliphatic carbocycles. The number of sulfonamides is 1. The van der Waals surface area contributed by atoms with E-state index < -0.39 is 10.0 Å². The Bertz CT molecular complexity index is 1130. The van der Waals surface area contributed by atoms with Gasteiger partial charge in [0.15, 0.2) is 16.6 Å². The predicted octanol–water partition coefficient (Wildman–Crippen LogP) is 2.73. The molecule has 2 aromatic carbocycles. The molecule has 0 atom stereocenters. The third-order valence-electron chi connectivity index (χ3n) is 5.28. The van der Waals surface area contributed by atoms with Crippen LogP contribution in [0.15, 0.2) is 52.5 Å². The van der Waals surface area contributed by atoms with Gasteiger partial charge < -0.3 is 19.5 Å². The van der Waals surface area contributed by atoms with E-state index in [-0.39, 0.29) is 11.7 Å². The molecule has 2 N–H and O–H groups in total. The smallest absolute Gasteiger partial charge is 0.243 e. The van der Waals surface area contributed by atoms with E-state index in [9.17, 15) is 8.42 Å². The molecule has 0 saturated carbocycles. The summed E-state index contributed by atoms with van der Waals surface area (Å²) in [7, 11) is -3.52. The van der Waals surface area contributed by atoms with E-state index in [1.54, 1.807) is 24.3 Å². The first-order chi connectivity index (χ1) is 15.9. The maximum Gasteiger partial charge on any atom is 0.243 e. The summed E-state index contributed by atoms with van der Waals surface area (Å²) in [6.07, 6.45) is 1.57. The molecule has 0 aromatic heterocycles. The van der Waals surface area contributed by atoms with Crippen LogP contribution in [0.4, 0.5) is 5.69 Å². The van der Waals surface area contributed by atoms with Gasteiger partial charge in [0.05, 0.1) is 18.1 Å². The van der Waals surface area contributed by atoms with Gasteiger partial charge in [0, 0.05) is 24.5 Å². The molecule has 2 aromatic rings.